The molecule has 2 aliphatic rings. The molecular weight excluding hydrogens is 376 g/mol. The van der Waals surface area contributed by atoms with Crippen LogP contribution in [0.4, 0.5) is 0 Å². The number of rotatable bonds is 6. The first kappa shape index (κ1) is 19.3. The van der Waals surface area contributed by atoms with Gasteiger partial charge in [0.1, 0.15) is 11.9 Å². The van der Waals surface area contributed by atoms with Gasteiger partial charge < -0.3 is 14.5 Å². The molecule has 150 valence electrons. The van der Waals surface area contributed by atoms with Gasteiger partial charge in [-0.15, -0.1) is 0 Å². The third kappa shape index (κ3) is 4.89. The highest BCUT2D eigenvalue weighted by Gasteiger charge is 2.22. The van der Waals surface area contributed by atoms with E-state index in [4.69, 9.17) is 20.8 Å². The van der Waals surface area contributed by atoms with E-state index in [2.05, 4.69) is 10.2 Å². The Morgan fingerprint density at radius 2 is 1.96 bits per heavy atom. The summed E-state index contributed by atoms with van der Waals surface area (Å²) in [7, 11) is 0. The first-order valence-electron chi connectivity index (χ1n) is 10.2. The highest BCUT2D eigenvalue weighted by atomic mass is 35.5. The molecule has 1 amide bonds. The van der Waals surface area contributed by atoms with Gasteiger partial charge in [-0.2, -0.15) is 0 Å². The number of halogens is 1. The molecule has 0 atom stereocenters. The second-order valence-corrected chi connectivity index (χ2v) is 8.23. The van der Waals surface area contributed by atoms with Crippen LogP contribution >= 0.6 is 11.6 Å². The zero-order chi connectivity index (χ0) is 19.3. The van der Waals surface area contributed by atoms with Crippen molar-refractivity contribution in [3.8, 4) is 5.75 Å². The van der Waals surface area contributed by atoms with E-state index in [-0.39, 0.29) is 12.0 Å². The fourth-order valence-corrected chi connectivity index (χ4v) is 4.31. The summed E-state index contributed by atoms with van der Waals surface area (Å²) in [5, 5.41) is 3.60. The molecule has 1 saturated carbocycles. The maximum absolute atomic E-state index is 12.4. The van der Waals surface area contributed by atoms with Crippen LogP contribution in [0.15, 0.2) is 41.2 Å². The van der Waals surface area contributed by atoms with Gasteiger partial charge >= 0.3 is 0 Å². The summed E-state index contributed by atoms with van der Waals surface area (Å²) in [5.74, 6) is 0.611. The molecule has 1 N–H and O–H groups in total. The van der Waals surface area contributed by atoms with Crippen LogP contribution < -0.4 is 10.1 Å². The number of carbonyl (C=O) groups excluding carboxylic acids is 1. The number of piperidine rings is 1. The van der Waals surface area contributed by atoms with E-state index in [0.717, 1.165) is 45.3 Å². The number of hydrogen-bond donors (Lipinski definition) is 1. The zero-order valence-electron chi connectivity index (χ0n) is 16.0. The maximum Gasteiger partial charge on any atom is 0.251 e. The molecule has 1 aliphatic carbocycles. The Balaban J connectivity index is 1.28. The number of amides is 1. The van der Waals surface area contributed by atoms with Crippen molar-refractivity contribution in [2.45, 2.75) is 57.2 Å². The predicted molar refractivity (Wildman–Crippen MR) is 109 cm³/mol. The van der Waals surface area contributed by atoms with Crippen molar-refractivity contribution in [3.63, 3.8) is 0 Å². The van der Waals surface area contributed by atoms with E-state index < -0.39 is 0 Å². The molecule has 28 heavy (non-hydrogen) atoms. The SMILES string of the molecule is O=C(NC1CCCC1)c1ccc(OC2CCN(Cc3ccoc3)CC2)c(Cl)c1. The van der Waals surface area contributed by atoms with Gasteiger partial charge in [-0.25, -0.2) is 0 Å². The van der Waals surface area contributed by atoms with E-state index in [9.17, 15) is 4.79 Å². The zero-order valence-corrected chi connectivity index (χ0v) is 16.8. The van der Waals surface area contributed by atoms with Crippen molar-refractivity contribution < 1.29 is 13.9 Å². The Labute approximate surface area is 171 Å². The van der Waals surface area contributed by atoms with Crippen molar-refractivity contribution >= 4 is 17.5 Å². The Hall–Kier alpha value is -1.98. The molecule has 2 aromatic rings. The van der Waals surface area contributed by atoms with Gasteiger partial charge in [0, 0.05) is 36.8 Å². The van der Waals surface area contributed by atoms with E-state index in [1.807, 2.05) is 12.1 Å². The fourth-order valence-electron chi connectivity index (χ4n) is 4.08. The van der Waals surface area contributed by atoms with Gasteiger partial charge in [0.25, 0.3) is 5.91 Å². The second-order valence-electron chi connectivity index (χ2n) is 7.82. The van der Waals surface area contributed by atoms with Crippen LogP contribution in [-0.4, -0.2) is 36.0 Å². The maximum atomic E-state index is 12.4. The van der Waals surface area contributed by atoms with Gasteiger partial charge in [0.05, 0.1) is 17.5 Å². The molecule has 2 heterocycles. The number of nitrogens with one attached hydrogen (secondary N) is 1. The Bertz CT molecular complexity index is 779. The van der Waals surface area contributed by atoms with Crippen LogP contribution in [0.25, 0.3) is 0 Å². The topological polar surface area (TPSA) is 54.7 Å². The summed E-state index contributed by atoms with van der Waals surface area (Å²) in [5.41, 5.74) is 1.80. The van der Waals surface area contributed by atoms with Crippen LogP contribution in [0.2, 0.25) is 5.02 Å². The molecule has 6 heteroatoms. The molecular formula is C22H27ClN2O3. The summed E-state index contributed by atoms with van der Waals surface area (Å²) in [4.78, 5) is 14.8. The molecule has 0 radical (unpaired) electrons. The lowest BCUT2D eigenvalue weighted by Gasteiger charge is -2.32. The quantitative estimate of drug-likeness (QED) is 0.764. The second kappa shape index (κ2) is 9.01. The van der Waals surface area contributed by atoms with E-state index in [1.165, 1.54) is 18.4 Å². The van der Waals surface area contributed by atoms with Crippen molar-refractivity contribution in [2.24, 2.45) is 0 Å². The number of carbonyl (C=O) groups is 1. The molecule has 0 bridgehead atoms. The first-order valence-corrected chi connectivity index (χ1v) is 10.6. The van der Waals surface area contributed by atoms with Gasteiger partial charge in [-0.1, -0.05) is 24.4 Å². The molecule has 2 fully saturated rings. The summed E-state index contributed by atoms with van der Waals surface area (Å²) in [6.07, 6.45) is 10.1. The Kier molecular flexibility index (Phi) is 6.23. The molecule has 0 spiro atoms. The highest BCUT2D eigenvalue weighted by molar-refractivity contribution is 6.32. The number of hydrogen-bond acceptors (Lipinski definition) is 4. The Morgan fingerprint density at radius 1 is 1.18 bits per heavy atom. The number of ether oxygens (including phenoxy) is 1. The van der Waals surface area contributed by atoms with Crippen molar-refractivity contribution in [3.05, 3.63) is 52.9 Å². The van der Waals surface area contributed by atoms with Gasteiger partial charge in [0.15, 0.2) is 0 Å². The number of benzene rings is 1. The van der Waals surface area contributed by atoms with Crippen LogP contribution in [0, 0.1) is 0 Å². The minimum absolute atomic E-state index is 0.0482. The smallest absolute Gasteiger partial charge is 0.251 e. The number of likely N-dealkylation sites (tertiary alicyclic amines) is 1. The van der Waals surface area contributed by atoms with E-state index >= 15 is 0 Å². The van der Waals surface area contributed by atoms with Crippen LogP contribution in [0.1, 0.15) is 54.4 Å². The van der Waals surface area contributed by atoms with Crippen molar-refractivity contribution in [1.82, 2.24) is 10.2 Å². The molecule has 1 aromatic heterocycles. The normalized spacial score (nSPS) is 19.0. The van der Waals surface area contributed by atoms with Crippen molar-refractivity contribution in [1.29, 1.82) is 0 Å². The van der Waals surface area contributed by atoms with Gasteiger partial charge in [0.2, 0.25) is 0 Å². The van der Waals surface area contributed by atoms with Crippen LogP contribution in [0.5, 0.6) is 5.75 Å². The third-order valence-corrected chi connectivity index (χ3v) is 5.99. The summed E-state index contributed by atoms with van der Waals surface area (Å²) in [6.45, 7) is 2.87. The molecule has 5 nitrogen and oxygen atoms in total. The minimum Gasteiger partial charge on any atom is -0.489 e. The average molecular weight is 403 g/mol. The lowest BCUT2D eigenvalue weighted by Crippen LogP contribution is -2.37. The molecule has 4 rings (SSSR count). The van der Waals surface area contributed by atoms with Crippen LogP contribution in [-0.2, 0) is 6.54 Å². The highest BCUT2D eigenvalue weighted by Crippen LogP contribution is 2.29. The molecule has 1 saturated heterocycles. The first-order chi connectivity index (χ1) is 13.7. The standard InChI is InChI=1S/C22H27ClN2O3/c23-20-13-17(22(26)24-18-3-1-2-4-18)5-6-21(20)28-19-7-10-25(11-8-19)14-16-9-12-27-15-16/h5-6,9,12-13,15,18-19H,1-4,7-8,10-11,14H2,(H,24,26). The van der Waals surface area contributed by atoms with Gasteiger partial charge in [-0.05, 0) is 49.9 Å². The summed E-state index contributed by atoms with van der Waals surface area (Å²) < 4.78 is 11.3. The monoisotopic (exact) mass is 402 g/mol. The van der Waals surface area contributed by atoms with Gasteiger partial charge in [-0.3, -0.25) is 9.69 Å². The third-order valence-electron chi connectivity index (χ3n) is 5.70. The molecule has 1 aromatic carbocycles. The number of furan rings is 1. The summed E-state index contributed by atoms with van der Waals surface area (Å²) in [6, 6.07) is 7.65. The lowest BCUT2D eigenvalue weighted by molar-refractivity contribution is 0.0936. The van der Waals surface area contributed by atoms with E-state index in [1.54, 1.807) is 24.7 Å². The van der Waals surface area contributed by atoms with Crippen LogP contribution in [0.3, 0.4) is 0 Å². The predicted octanol–water partition coefficient (Wildman–Crippen LogP) is 4.65. The lowest BCUT2D eigenvalue weighted by atomic mass is 10.1. The average Bonchev–Trinajstić information content (AvgIpc) is 3.39. The summed E-state index contributed by atoms with van der Waals surface area (Å²) >= 11 is 6.41. The molecule has 1 aliphatic heterocycles. The Morgan fingerprint density at radius 3 is 2.64 bits per heavy atom. The van der Waals surface area contributed by atoms with Crippen molar-refractivity contribution in [2.75, 3.05) is 13.1 Å². The number of nitrogens with zero attached hydrogens (tertiary/aromatic N) is 1. The largest absolute Gasteiger partial charge is 0.489 e. The molecule has 0 unspecified atom stereocenters. The van der Waals surface area contributed by atoms with E-state index in [0.29, 0.717) is 22.4 Å². The fraction of sp³-hybridized carbons (Fsp3) is 0.500. The minimum atomic E-state index is -0.0482.